The van der Waals surface area contributed by atoms with E-state index in [-0.39, 0.29) is 18.9 Å². The summed E-state index contributed by atoms with van der Waals surface area (Å²) in [4.78, 5) is 19.1. The maximum atomic E-state index is 12.8. The molecule has 1 aliphatic rings. The number of piperidine rings is 1. The fraction of sp³-hybridized carbons (Fsp3) is 0.714. The largest absolute Gasteiger partial charge is 0.393 e. The first-order chi connectivity index (χ1) is 10.2. The van der Waals surface area contributed by atoms with E-state index in [0.717, 1.165) is 10.6 Å². The van der Waals surface area contributed by atoms with Gasteiger partial charge in [-0.05, 0) is 40.2 Å². The number of hydrogen-bond donors (Lipinski definition) is 1. The highest BCUT2D eigenvalue weighted by molar-refractivity contribution is 7.15. The van der Waals surface area contributed by atoms with Gasteiger partial charge in [0.25, 0.3) is 0 Å². The van der Waals surface area contributed by atoms with Crippen LogP contribution >= 0.6 is 11.3 Å². The lowest BCUT2D eigenvalue weighted by Gasteiger charge is -2.36. The van der Waals surface area contributed by atoms with Crippen molar-refractivity contribution >= 4 is 22.4 Å². The number of nitrogens with zero attached hydrogens (tertiary/aromatic N) is 2. The van der Waals surface area contributed by atoms with Crippen molar-refractivity contribution in [3.63, 3.8) is 0 Å². The lowest BCUT2D eigenvalue weighted by atomic mass is 9.96. The normalized spacial score (nSPS) is 21.6. The van der Waals surface area contributed by atoms with Crippen molar-refractivity contribution in [2.24, 2.45) is 5.92 Å². The van der Waals surface area contributed by atoms with Crippen molar-refractivity contribution in [1.29, 1.82) is 0 Å². The topological polar surface area (TPSA) is 45.2 Å². The molecule has 0 unspecified atom stereocenters. The van der Waals surface area contributed by atoms with Gasteiger partial charge in [-0.15, -0.1) is 11.3 Å². The van der Waals surface area contributed by atoms with Crippen LogP contribution in [0.2, 0.25) is 0 Å². The molecular formula is C14H20F3N3OS. The highest BCUT2D eigenvalue weighted by Crippen LogP contribution is 2.33. The number of likely N-dealkylation sites (tertiary alicyclic amines) is 1. The molecule has 1 N–H and O–H groups in total. The molecule has 0 saturated carbocycles. The summed E-state index contributed by atoms with van der Waals surface area (Å²) in [6, 6.07) is -0.602. The van der Waals surface area contributed by atoms with Crippen LogP contribution in [0.5, 0.6) is 0 Å². The van der Waals surface area contributed by atoms with E-state index in [0.29, 0.717) is 18.1 Å². The maximum absolute atomic E-state index is 12.8. The number of thiazole rings is 1. The summed E-state index contributed by atoms with van der Waals surface area (Å²) in [7, 11) is 0. The van der Waals surface area contributed by atoms with Crippen LogP contribution in [0.25, 0.3) is 0 Å². The molecule has 1 amide bonds. The van der Waals surface area contributed by atoms with Crippen LogP contribution in [0, 0.1) is 19.8 Å². The molecule has 124 valence electrons. The van der Waals surface area contributed by atoms with Crippen molar-refractivity contribution < 1.29 is 18.0 Å². The number of rotatable bonds is 3. The van der Waals surface area contributed by atoms with E-state index in [2.05, 4.69) is 10.3 Å². The highest BCUT2D eigenvalue weighted by atomic mass is 32.1. The third-order valence-corrected chi connectivity index (χ3v) is 5.09. The summed E-state index contributed by atoms with van der Waals surface area (Å²) in [5.41, 5.74) is 0.850. The zero-order valence-corrected chi connectivity index (χ0v) is 13.6. The van der Waals surface area contributed by atoms with Crippen LogP contribution in [0.1, 0.15) is 30.3 Å². The smallest absolute Gasteiger partial charge is 0.301 e. The van der Waals surface area contributed by atoms with Crippen molar-refractivity contribution in [2.45, 2.75) is 45.8 Å². The van der Waals surface area contributed by atoms with Gasteiger partial charge in [0.2, 0.25) is 5.91 Å². The minimum absolute atomic E-state index is 0.117. The first kappa shape index (κ1) is 17.2. The summed E-state index contributed by atoms with van der Waals surface area (Å²) in [5, 5.41) is 3.20. The van der Waals surface area contributed by atoms with Crippen LogP contribution in [0.15, 0.2) is 0 Å². The molecule has 1 fully saturated rings. The molecule has 0 bridgehead atoms. The minimum Gasteiger partial charge on any atom is -0.301 e. The average molecular weight is 335 g/mol. The van der Waals surface area contributed by atoms with Gasteiger partial charge in [-0.2, -0.15) is 13.2 Å². The van der Waals surface area contributed by atoms with E-state index in [1.54, 1.807) is 11.8 Å². The Morgan fingerprint density at radius 1 is 1.45 bits per heavy atom. The van der Waals surface area contributed by atoms with Crippen molar-refractivity contribution in [2.75, 3.05) is 18.4 Å². The average Bonchev–Trinajstić information content (AvgIpc) is 2.75. The molecule has 1 aromatic rings. The molecule has 2 atom stereocenters. The summed E-state index contributed by atoms with van der Waals surface area (Å²) in [6.45, 7) is 5.79. The van der Waals surface area contributed by atoms with Crippen LogP contribution in [0.4, 0.5) is 18.3 Å². The SMILES string of the molecule is Cc1nc(NC(=O)[C@H](C)N2CCC[C@H](C(F)(F)F)C2)sc1C. The molecule has 8 heteroatoms. The number of anilines is 1. The number of hydrogen-bond acceptors (Lipinski definition) is 4. The molecule has 1 saturated heterocycles. The summed E-state index contributed by atoms with van der Waals surface area (Å²) < 4.78 is 38.5. The van der Waals surface area contributed by atoms with Gasteiger partial charge < -0.3 is 5.32 Å². The predicted molar refractivity (Wildman–Crippen MR) is 80.0 cm³/mol. The molecule has 1 aromatic heterocycles. The Balaban J connectivity index is 1.98. The molecular weight excluding hydrogens is 315 g/mol. The first-order valence-electron chi connectivity index (χ1n) is 7.24. The van der Waals surface area contributed by atoms with E-state index >= 15 is 0 Å². The third kappa shape index (κ3) is 3.98. The Kier molecular flexibility index (Phi) is 5.11. The minimum atomic E-state index is -4.20. The van der Waals surface area contributed by atoms with E-state index in [1.165, 1.54) is 11.3 Å². The number of amides is 1. The number of carbonyl (C=O) groups is 1. The number of alkyl halides is 3. The molecule has 4 nitrogen and oxygen atoms in total. The third-order valence-electron chi connectivity index (χ3n) is 4.10. The second-order valence-electron chi connectivity index (χ2n) is 5.70. The van der Waals surface area contributed by atoms with Crippen LogP contribution < -0.4 is 5.32 Å². The van der Waals surface area contributed by atoms with Crippen LogP contribution in [-0.4, -0.2) is 41.1 Å². The summed E-state index contributed by atoms with van der Waals surface area (Å²) in [5.74, 6) is -1.66. The Morgan fingerprint density at radius 2 is 2.14 bits per heavy atom. The van der Waals surface area contributed by atoms with Gasteiger partial charge in [0, 0.05) is 11.4 Å². The molecule has 2 heterocycles. The van der Waals surface area contributed by atoms with E-state index in [4.69, 9.17) is 0 Å². The maximum Gasteiger partial charge on any atom is 0.393 e. The van der Waals surface area contributed by atoms with Crippen LogP contribution in [0.3, 0.4) is 0 Å². The van der Waals surface area contributed by atoms with Gasteiger partial charge in [-0.3, -0.25) is 9.69 Å². The Morgan fingerprint density at radius 3 is 2.68 bits per heavy atom. The number of carbonyl (C=O) groups excluding carboxylic acids is 1. The van der Waals surface area contributed by atoms with Gasteiger partial charge in [0.15, 0.2) is 5.13 Å². The fourth-order valence-electron chi connectivity index (χ4n) is 2.53. The van der Waals surface area contributed by atoms with Gasteiger partial charge in [0.05, 0.1) is 17.7 Å². The van der Waals surface area contributed by atoms with Gasteiger partial charge in [-0.1, -0.05) is 0 Å². The molecule has 0 aromatic carbocycles. The van der Waals surface area contributed by atoms with Gasteiger partial charge in [0.1, 0.15) is 0 Å². The molecule has 1 aliphatic heterocycles. The Labute approximate surface area is 131 Å². The van der Waals surface area contributed by atoms with Crippen LogP contribution in [-0.2, 0) is 4.79 Å². The van der Waals surface area contributed by atoms with E-state index < -0.39 is 18.1 Å². The zero-order chi connectivity index (χ0) is 16.5. The van der Waals surface area contributed by atoms with Crippen molar-refractivity contribution in [3.8, 4) is 0 Å². The molecule has 0 radical (unpaired) electrons. The van der Waals surface area contributed by atoms with Crippen molar-refractivity contribution in [1.82, 2.24) is 9.88 Å². The van der Waals surface area contributed by atoms with Gasteiger partial charge in [-0.25, -0.2) is 4.98 Å². The second kappa shape index (κ2) is 6.54. The first-order valence-corrected chi connectivity index (χ1v) is 8.05. The van der Waals surface area contributed by atoms with E-state index in [1.807, 2.05) is 13.8 Å². The highest BCUT2D eigenvalue weighted by Gasteiger charge is 2.43. The van der Waals surface area contributed by atoms with Crippen molar-refractivity contribution in [3.05, 3.63) is 10.6 Å². The quantitative estimate of drug-likeness (QED) is 0.921. The zero-order valence-electron chi connectivity index (χ0n) is 12.8. The second-order valence-corrected chi connectivity index (χ2v) is 6.90. The standard InChI is InChI=1S/C14H20F3N3OS/c1-8-10(3)22-13(18-8)19-12(21)9(2)20-6-4-5-11(7-20)14(15,16)17/h9,11H,4-7H2,1-3H3,(H,18,19,21)/t9-,11-/m0/s1. The number of nitrogens with one attached hydrogen (secondary N) is 1. The van der Waals surface area contributed by atoms with Gasteiger partial charge >= 0.3 is 6.18 Å². The molecule has 0 aliphatic carbocycles. The number of aromatic nitrogens is 1. The monoisotopic (exact) mass is 335 g/mol. The molecule has 22 heavy (non-hydrogen) atoms. The summed E-state index contributed by atoms with van der Waals surface area (Å²) >= 11 is 1.37. The fourth-order valence-corrected chi connectivity index (χ4v) is 3.34. The lowest BCUT2D eigenvalue weighted by Crippen LogP contribution is -2.49. The Hall–Kier alpha value is -1.15. The number of aryl methyl sites for hydroxylation is 2. The Bertz CT molecular complexity index is 524. The van der Waals surface area contributed by atoms with E-state index in [9.17, 15) is 18.0 Å². The molecule has 0 spiro atoms. The molecule has 2 rings (SSSR count). The predicted octanol–water partition coefficient (Wildman–Crippen LogP) is 3.36. The summed E-state index contributed by atoms with van der Waals surface area (Å²) in [6.07, 6.45) is -3.60. The number of halogens is 3. The lowest BCUT2D eigenvalue weighted by molar-refractivity contribution is -0.188.